The van der Waals surface area contributed by atoms with E-state index in [2.05, 4.69) is 20.2 Å². The number of carbonyl (C=O) groups is 1. The van der Waals surface area contributed by atoms with Crippen molar-refractivity contribution >= 4 is 52.1 Å². The van der Waals surface area contributed by atoms with Crippen LogP contribution in [0.25, 0.3) is 28.1 Å². The molecule has 1 fully saturated rings. The second-order valence-corrected chi connectivity index (χ2v) is 8.60. The number of hydrogen-bond donors (Lipinski definition) is 2. The summed E-state index contributed by atoms with van der Waals surface area (Å²) in [6, 6.07) is 11.7. The van der Waals surface area contributed by atoms with Crippen molar-refractivity contribution in [3.05, 3.63) is 75.9 Å². The molecule has 4 heterocycles. The molecule has 5 rings (SSSR count). The third-order valence-corrected chi connectivity index (χ3v) is 6.27. The summed E-state index contributed by atoms with van der Waals surface area (Å²) in [6.07, 6.45) is 4.92. The number of H-pyrrole nitrogens is 1. The summed E-state index contributed by atoms with van der Waals surface area (Å²) < 4.78 is 5.94. The fourth-order valence-corrected chi connectivity index (χ4v) is 4.29. The van der Waals surface area contributed by atoms with Gasteiger partial charge in [0.1, 0.15) is 22.7 Å². The molecule has 8 nitrogen and oxygen atoms in total. The van der Waals surface area contributed by atoms with E-state index in [4.69, 9.17) is 4.42 Å². The van der Waals surface area contributed by atoms with Crippen LogP contribution in [0.3, 0.4) is 0 Å². The van der Waals surface area contributed by atoms with E-state index in [1.807, 2.05) is 43.3 Å². The Morgan fingerprint density at radius 2 is 2.00 bits per heavy atom. The van der Waals surface area contributed by atoms with E-state index in [0.717, 1.165) is 59.4 Å². The predicted molar refractivity (Wildman–Crippen MR) is 141 cm³/mol. The maximum absolute atomic E-state index is 12.7. The molecule has 182 valence electrons. The number of piperazine rings is 1. The Bertz CT molecular complexity index is 1450. The van der Waals surface area contributed by atoms with E-state index in [1.165, 1.54) is 6.08 Å². The number of carbonyl (C=O) groups excluding carboxylic acids is 1. The number of aromatic amines is 1. The molecular weight excluding hydrogens is 466 g/mol. The zero-order valence-corrected chi connectivity index (χ0v) is 20.5. The van der Waals surface area contributed by atoms with Gasteiger partial charge in [-0.05, 0) is 36.8 Å². The minimum absolute atomic E-state index is 0. The molecule has 0 aliphatic carbocycles. The Morgan fingerprint density at radius 1 is 1.23 bits per heavy atom. The van der Waals surface area contributed by atoms with Crippen molar-refractivity contribution in [2.45, 2.75) is 13.5 Å². The number of fused-ring (bicyclic) bond motifs is 2. The van der Waals surface area contributed by atoms with E-state index in [1.54, 1.807) is 24.2 Å². The molecule has 9 heteroatoms. The number of halogens is 1. The molecule has 0 radical (unpaired) electrons. The number of nitrogens with one attached hydrogen (secondary N) is 2. The van der Waals surface area contributed by atoms with Gasteiger partial charge in [0.15, 0.2) is 0 Å². The highest BCUT2D eigenvalue weighted by molar-refractivity contribution is 5.92. The van der Waals surface area contributed by atoms with Gasteiger partial charge in [-0.2, -0.15) is 0 Å². The van der Waals surface area contributed by atoms with Crippen LogP contribution in [0.15, 0.2) is 57.9 Å². The third kappa shape index (κ3) is 5.08. The molecule has 1 aromatic carbocycles. The number of nitrogens with zero attached hydrogens (tertiary/aromatic N) is 3. The van der Waals surface area contributed by atoms with Crippen molar-refractivity contribution in [3.63, 3.8) is 0 Å². The lowest BCUT2D eigenvalue weighted by Crippen LogP contribution is -2.45. The maximum atomic E-state index is 12.7. The number of amides is 1. The normalized spacial score (nSPS) is 13.9. The van der Waals surface area contributed by atoms with Crippen molar-refractivity contribution < 1.29 is 9.21 Å². The van der Waals surface area contributed by atoms with Crippen LogP contribution < -0.4 is 15.8 Å². The number of para-hydroxylation sites is 1. The molecule has 35 heavy (non-hydrogen) atoms. The van der Waals surface area contributed by atoms with E-state index >= 15 is 0 Å². The quantitative estimate of drug-likeness (QED) is 0.413. The lowest BCUT2D eigenvalue weighted by molar-refractivity contribution is -0.125. The van der Waals surface area contributed by atoms with E-state index in [-0.39, 0.29) is 23.9 Å². The topological polar surface area (TPSA) is 94.5 Å². The Balaban J connectivity index is 0.00000289. The van der Waals surface area contributed by atoms with Gasteiger partial charge in [-0.3, -0.25) is 9.59 Å². The van der Waals surface area contributed by atoms with Gasteiger partial charge in [0, 0.05) is 61.8 Å². The van der Waals surface area contributed by atoms with Crippen LogP contribution in [0.5, 0.6) is 0 Å². The number of rotatable bonds is 5. The molecule has 4 aromatic rings. The van der Waals surface area contributed by atoms with Crippen LogP contribution >= 0.6 is 12.4 Å². The summed E-state index contributed by atoms with van der Waals surface area (Å²) in [4.78, 5) is 36.2. The van der Waals surface area contributed by atoms with Gasteiger partial charge < -0.3 is 24.5 Å². The van der Waals surface area contributed by atoms with Crippen LogP contribution in [-0.4, -0.2) is 54.0 Å². The Kier molecular flexibility index (Phi) is 7.23. The van der Waals surface area contributed by atoms with Gasteiger partial charge in [0.2, 0.25) is 5.91 Å². The van der Waals surface area contributed by atoms with Crippen LogP contribution in [0, 0.1) is 6.92 Å². The third-order valence-electron chi connectivity index (χ3n) is 6.27. The largest absolute Gasteiger partial charge is 0.459 e. The lowest BCUT2D eigenvalue weighted by atomic mass is 10.1. The molecule has 1 saturated heterocycles. The summed E-state index contributed by atoms with van der Waals surface area (Å²) in [5.74, 6) is 0.644. The van der Waals surface area contributed by atoms with Crippen LogP contribution in [0.4, 0.5) is 5.69 Å². The second-order valence-electron chi connectivity index (χ2n) is 8.60. The van der Waals surface area contributed by atoms with Gasteiger partial charge in [-0.15, -0.1) is 12.4 Å². The number of likely N-dealkylation sites (N-methyl/N-ethyl adjacent to an activating group) is 1. The molecule has 2 N–H and O–H groups in total. The zero-order valence-electron chi connectivity index (χ0n) is 19.7. The van der Waals surface area contributed by atoms with E-state index < -0.39 is 0 Å². The highest BCUT2D eigenvalue weighted by Crippen LogP contribution is 2.25. The Morgan fingerprint density at radius 3 is 2.77 bits per heavy atom. The summed E-state index contributed by atoms with van der Waals surface area (Å²) in [6.45, 7) is 5.66. The van der Waals surface area contributed by atoms with Crippen LogP contribution in [0.1, 0.15) is 16.9 Å². The molecule has 0 unspecified atom stereocenters. The van der Waals surface area contributed by atoms with Crippen molar-refractivity contribution in [1.29, 1.82) is 0 Å². The summed E-state index contributed by atoms with van der Waals surface area (Å²) >= 11 is 0. The zero-order chi connectivity index (χ0) is 23.7. The summed E-state index contributed by atoms with van der Waals surface area (Å²) in [5, 5.41) is 5.19. The van der Waals surface area contributed by atoms with Gasteiger partial charge in [-0.1, -0.05) is 18.2 Å². The number of hydrogen-bond acceptors (Lipinski definition) is 6. The van der Waals surface area contributed by atoms with Crippen molar-refractivity contribution in [2.75, 3.05) is 38.1 Å². The molecule has 0 spiro atoms. The number of aryl methyl sites for hydroxylation is 1. The summed E-state index contributed by atoms with van der Waals surface area (Å²) in [5.41, 5.74) is 3.70. The number of pyridine rings is 2. The second kappa shape index (κ2) is 10.3. The van der Waals surface area contributed by atoms with Gasteiger partial charge in [0.25, 0.3) is 5.56 Å². The molecule has 0 bridgehead atoms. The SMILES string of the molecule is Cc1c(CN(C)C(=O)C=Cc2cnc3[nH]c(=O)c(N4CCNCC4)cc3c2)oc2ccccc12.Cl. The monoisotopic (exact) mass is 493 g/mol. The van der Waals surface area contributed by atoms with E-state index in [0.29, 0.717) is 17.9 Å². The fraction of sp³-hybridized carbons (Fsp3) is 0.269. The van der Waals surface area contributed by atoms with Gasteiger partial charge >= 0.3 is 0 Å². The van der Waals surface area contributed by atoms with E-state index in [9.17, 15) is 9.59 Å². The molecule has 1 aliphatic heterocycles. The average Bonchev–Trinajstić information content (AvgIpc) is 3.17. The molecule has 0 atom stereocenters. The number of furan rings is 1. The fourth-order valence-electron chi connectivity index (χ4n) is 4.29. The first-order valence-corrected chi connectivity index (χ1v) is 11.4. The molecular formula is C26H28ClN5O3. The number of benzene rings is 1. The Labute approximate surface area is 209 Å². The first kappa shape index (κ1) is 24.5. The van der Waals surface area contributed by atoms with Crippen molar-refractivity contribution in [2.24, 2.45) is 0 Å². The maximum Gasteiger partial charge on any atom is 0.273 e. The predicted octanol–water partition coefficient (Wildman–Crippen LogP) is 3.48. The highest BCUT2D eigenvalue weighted by atomic mass is 35.5. The first-order valence-electron chi connectivity index (χ1n) is 11.4. The smallest absolute Gasteiger partial charge is 0.273 e. The summed E-state index contributed by atoms with van der Waals surface area (Å²) in [7, 11) is 1.75. The van der Waals surface area contributed by atoms with Crippen molar-refractivity contribution in [3.8, 4) is 0 Å². The minimum Gasteiger partial charge on any atom is -0.459 e. The van der Waals surface area contributed by atoms with Gasteiger partial charge in [-0.25, -0.2) is 4.98 Å². The number of anilines is 1. The molecule has 1 amide bonds. The van der Waals surface area contributed by atoms with Crippen molar-refractivity contribution in [1.82, 2.24) is 20.2 Å². The van der Waals surface area contributed by atoms with Crippen LogP contribution in [-0.2, 0) is 11.3 Å². The highest BCUT2D eigenvalue weighted by Gasteiger charge is 2.16. The molecule has 3 aromatic heterocycles. The average molecular weight is 494 g/mol. The standard InChI is InChI=1S/C26H27N5O3.ClH/c1-17-20-5-3-4-6-22(20)34-23(17)16-30(2)24(32)8-7-18-13-19-14-21(31-11-9-27-10-12-31)26(33)29-25(19)28-15-18;/h3-8,13-15,27H,9-12,16H2,1-2H3,(H,28,29,33);1H. The minimum atomic E-state index is -0.136. The number of aromatic nitrogens is 2. The molecule has 0 saturated carbocycles. The first-order chi connectivity index (χ1) is 16.5. The van der Waals surface area contributed by atoms with Gasteiger partial charge in [0.05, 0.1) is 6.54 Å². The molecule has 1 aliphatic rings. The lowest BCUT2D eigenvalue weighted by Gasteiger charge is -2.28. The Hall–Kier alpha value is -3.62. The van der Waals surface area contributed by atoms with Crippen LogP contribution in [0.2, 0.25) is 0 Å².